The number of benzene rings is 2. The summed E-state index contributed by atoms with van der Waals surface area (Å²) in [6, 6.07) is 14.2. The van der Waals surface area contributed by atoms with E-state index >= 15 is 0 Å². The summed E-state index contributed by atoms with van der Waals surface area (Å²) in [5.41, 5.74) is 0.901. The number of nitrogens with zero attached hydrogens (tertiary/aromatic N) is 1. The van der Waals surface area contributed by atoms with Crippen molar-refractivity contribution in [3.8, 4) is 0 Å². The normalized spacial score (nSPS) is 22.9. The molecule has 5 nitrogen and oxygen atoms in total. The number of hydrogen-bond acceptors (Lipinski definition) is 3. The quantitative estimate of drug-likeness (QED) is 0.868. The first-order valence-corrected chi connectivity index (χ1v) is 9.01. The molecule has 0 saturated carbocycles. The lowest BCUT2D eigenvalue weighted by molar-refractivity contribution is -0.127. The summed E-state index contributed by atoms with van der Waals surface area (Å²) >= 11 is 0. The molecule has 2 amide bonds. The molecular weight excluding hydrogens is 350 g/mol. The third-order valence-corrected chi connectivity index (χ3v) is 5.20. The Morgan fingerprint density at radius 2 is 1.96 bits per heavy atom. The minimum absolute atomic E-state index is 0. The van der Waals surface area contributed by atoms with Crippen molar-refractivity contribution in [2.45, 2.75) is 25.3 Å². The molecule has 0 spiro atoms. The molecule has 138 valence electrons. The van der Waals surface area contributed by atoms with E-state index in [9.17, 15) is 9.59 Å². The molecule has 0 radical (unpaired) electrons. The second kappa shape index (κ2) is 8.06. The molecule has 1 unspecified atom stereocenters. The summed E-state index contributed by atoms with van der Waals surface area (Å²) in [4.78, 5) is 26.9. The van der Waals surface area contributed by atoms with E-state index in [1.165, 1.54) is 0 Å². The van der Waals surface area contributed by atoms with Gasteiger partial charge in [0.05, 0.1) is 11.6 Å². The zero-order valence-electron chi connectivity index (χ0n) is 14.6. The number of carbonyl (C=O) groups is 2. The molecule has 2 saturated heterocycles. The van der Waals surface area contributed by atoms with Crippen LogP contribution in [0.4, 0.5) is 5.69 Å². The lowest BCUT2D eigenvalue weighted by atomic mass is 10.0. The Morgan fingerprint density at radius 3 is 2.77 bits per heavy atom. The predicted molar refractivity (Wildman–Crippen MR) is 106 cm³/mol. The summed E-state index contributed by atoms with van der Waals surface area (Å²) in [6.07, 6.45) is 2.37. The maximum atomic E-state index is 12.6. The Labute approximate surface area is 159 Å². The molecule has 0 bridgehead atoms. The summed E-state index contributed by atoms with van der Waals surface area (Å²) in [5, 5.41) is 8.57. The lowest BCUT2D eigenvalue weighted by Gasteiger charge is -2.25. The van der Waals surface area contributed by atoms with E-state index in [0.29, 0.717) is 6.54 Å². The molecule has 2 atom stereocenters. The Morgan fingerprint density at radius 1 is 1.15 bits per heavy atom. The molecule has 2 aliphatic heterocycles. The van der Waals surface area contributed by atoms with Crippen molar-refractivity contribution < 1.29 is 9.59 Å². The maximum absolute atomic E-state index is 12.6. The van der Waals surface area contributed by atoms with Gasteiger partial charge in [-0.15, -0.1) is 12.4 Å². The third-order valence-electron chi connectivity index (χ3n) is 5.20. The van der Waals surface area contributed by atoms with Crippen LogP contribution in [0.25, 0.3) is 10.8 Å². The van der Waals surface area contributed by atoms with Crippen molar-refractivity contribution in [1.29, 1.82) is 0 Å². The van der Waals surface area contributed by atoms with E-state index in [1.54, 1.807) is 4.90 Å². The first kappa shape index (κ1) is 18.7. The maximum Gasteiger partial charge on any atom is 0.227 e. The predicted octanol–water partition coefficient (Wildman–Crippen LogP) is 2.48. The third kappa shape index (κ3) is 3.69. The summed E-state index contributed by atoms with van der Waals surface area (Å²) in [5.74, 6) is -0.239. The highest BCUT2D eigenvalue weighted by Gasteiger charge is 2.36. The summed E-state index contributed by atoms with van der Waals surface area (Å²) < 4.78 is 0. The van der Waals surface area contributed by atoms with Crippen molar-refractivity contribution in [1.82, 2.24) is 10.6 Å². The molecule has 2 heterocycles. The fraction of sp³-hybridized carbons (Fsp3) is 0.400. The van der Waals surface area contributed by atoms with Gasteiger partial charge in [-0.2, -0.15) is 0 Å². The number of rotatable bonds is 3. The van der Waals surface area contributed by atoms with Gasteiger partial charge in [-0.3, -0.25) is 9.59 Å². The second-order valence-corrected chi connectivity index (χ2v) is 6.96. The van der Waals surface area contributed by atoms with Crippen LogP contribution in [0.15, 0.2) is 42.5 Å². The van der Waals surface area contributed by atoms with Gasteiger partial charge in [0.15, 0.2) is 0 Å². The van der Waals surface area contributed by atoms with Crippen LogP contribution in [-0.4, -0.2) is 37.5 Å². The fourth-order valence-electron chi connectivity index (χ4n) is 3.85. The highest BCUT2D eigenvalue weighted by molar-refractivity contribution is 6.07. The van der Waals surface area contributed by atoms with Crippen LogP contribution in [0.3, 0.4) is 0 Å². The largest absolute Gasteiger partial charge is 0.352 e. The topological polar surface area (TPSA) is 61.4 Å². The van der Waals surface area contributed by atoms with E-state index in [1.807, 2.05) is 42.5 Å². The molecule has 2 aliphatic rings. The SMILES string of the molecule is Cl.O=C(N[C@H]1CCCNC1)C1CC(=O)N(c2cccc3ccccc23)C1. The highest BCUT2D eigenvalue weighted by Crippen LogP contribution is 2.31. The minimum Gasteiger partial charge on any atom is -0.352 e. The minimum atomic E-state index is -0.270. The van der Waals surface area contributed by atoms with Gasteiger partial charge in [-0.1, -0.05) is 36.4 Å². The Bertz CT molecular complexity index is 799. The Hall–Kier alpha value is -2.11. The molecule has 2 aromatic carbocycles. The van der Waals surface area contributed by atoms with Crippen LogP contribution in [0.1, 0.15) is 19.3 Å². The first-order chi connectivity index (χ1) is 12.2. The van der Waals surface area contributed by atoms with Gasteiger partial charge < -0.3 is 15.5 Å². The zero-order valence-corrected chi connectivity index (χ0v) is 15.4. The molecule has 2 aromatic rings. The van der Waals surface area contributed by atoms with Gasteiger partial charge in [0, 0.05) is 30.9 Å². The van der Waals surface area contributed by atoms with Gasteiger partial charge in [0.25, 0.3) is 0 Å². The van der Waals surface area contributed by atoms with Gasteiger partial charge >= 0.3 is 0 Å². The summed E-state index contributed by atoms with van der Waals surface area (Å²) in [7, 11) is 0. The van der Waals surface area contributed by atoms with Crippen molar-refractivity contribution in [2.24, 2.45) is 5.92 Å². The number of anilines is 1. The number of piperidine rings is 1. The van der Waals surface area contributed by atoms with Crippen LogP contribution in [0.2, 0.25) is 0 Å². The van der Waals surface area contributed by atoms with Gasteiger partial charge in [0.1, 0.15) is 0 Å². The van der Waals surface area contributed by atoms with Crippen LogP contribution in [0.5, 0.6) is 0 Å². The van der Waals surface area contributed by atoms with Crippen molar-refractivity contribution >= 4 is 40.7 Å². The van der Waals surface area contributed by atoms with Crippen molar-refractivity contribution in [3.05, 3.63) is 42.5 Å². The van der Waals surface area contributed by atoms with Crippen LogP contribution >= 0.6 is 12.4 Å². The fourth-order valence-corrected chi connectivity index (χ4v) is 3.85. The van der Waals surface area contributed by atoms with Crippen molar-refractivity contribution in [2.75, 3.05) is 24.5 Å². The highest BCUT2D eigenvalue weighted by atomic mass is 35.5. The monoisotopic (exact) mass is 373 g/mol. The van der Waals surface area contributed by atoms with E-state index < -0.39 is 0 Å². The molecule has 0 aliphatic carbocycles. The molecule has 2 N–H and O–H groups in total. The van der Waals surface area contributed by atoms with Crippen LogP contribution < -0.4 is 15.5 Å². The number of amides is 2. The van der Waals surface area contributed by atoms with Crippen LogP contribution in [0, 0.1) is 5.92 Å². The average Bonchev–Trinajstić information content (AvgIpc) is 3.04. The number of carbonyl (C=O) groups excluding carboxylic acids is 2. The number of hydrogen-bond donors (Lipinski definition) is 2. The van der Waals surface area contributed by atoms with Crippen molar-refractivity contribution in [3.63, 3.8) is 0 Å². The average molecular weight is 374 g/mol. The van der Waals surface area contributed by atoms with Gasteiger partial charge in [-0.25, -0.2) is 0 Å². The molecule has 26 heavy (non-hydrogen) atoms. The molecule has 2 fully saturated rings. The zero-order chi connectivity index (χ0) is 17.2. The van der Waals surface area contributed by atoms with Crippen LogP contribution in [-0.2, 0) is 9.59 Å². The number of nitrogens with one attached hydrogen (secondary N) is 2. The van der Waals surface area contributed by atoms with Gasteiger partial charge in [-0.05, 0) is 30.8 Å². The summed E-state index contributed by atoms with van der Waals surface area (Å²) in [6.45, 7) is 2.29. The Balaban J connectivity index is 0.00000196. The number of fused-ring (bicyclic) bond motifs is 1. The van der Waals surface area contributed by atoms with E-state index in [4.69, 9.17) is 0 Å². The molecule has 6 heteroatoms. The lowest BCUT2D eigenvalue weighted by Crippen LogP contribution is -2.47. The van der Waals surface area contributed by atoms with E-state index in [-0.39, 0.29) is 42.6 Å². The first-order valence-electron chi connectivity index (χ1n) is 9.01. The molecular formula is C20H24ClN3O2. The van der Waals surface area contributed by atoms with E-state index in [2.05, 4.69) is 10.6 Å². The molecule has 4 rings (SSSR count). The molecule has 0 aromatic heterocycles. The van der Waals surface area contributed by atoms with E-state index in [0.717, 1.165) is 42.4 Å². The number of halogens is 1. The standard InChI is InChI=1S/C20H23N3O2.ClH/c24-19-11-15(20(25)22-16-7-4-10-21-12-16)13-23(19)18-9-3-6-14-5-1-2-8-17(14)18;/h1-3,5-6,8-9,15-16,21H,4,7,10-13H2,(H,22,25);1H/t15?,16-;/m0./s1. The smallest absolute Gasteiger partial charge is 0.227 e. The van der Waals surface area contributed by atoms with Gasteiger partial charge in [0.2, 0.25) is 11.8 Å². The second-order valence-electron chi connectivity index (χ2n) is 6.96. The Kier molecular flexibility index (Phi) is 5.79.